The minimum absolute atomic E-state index is 0.0269. The summed E-state index contributed by atoms with van der Waals surface area (Å²) in [5.41, 5.74) is 0.380. The Morgan fingerprint density at radius 2 is 1.60 bits per heavy atom. The number of piperazine rings is 1. The van der Waals surface area contributed by atoms with Gasteiger partial charge in [-0.3, -0.25) is 14.3 Å². The number of hydrogen-bond acceptors (Lipinski definition) is 5. The van der Waals surface area contributed by atoms with Gasteiger partial charge in [0.25, 0.3) is 0 Å². The molecule has 0 atom stereocenters. The fourth-order valence-corrected chi connectivity index (χ4v) is 5.03. The van der Waals surface area contributed by atoms with Gasteiger partial charge in [0, 0.05) is 37.8 Å². The molecule has 0 spiro atoms. The summed E-state index contributed by atoms with van der Waals surface area (Å²) in [6.07, 6.45) is 4.14. The number of nitrogens with one attached hydrogen (secondary N) is 1. The molecular formula is C21H31N3O5S. The molecule has 0 aromatic heterocycles. The molecule has 1 aromatic rings. The van der Waals surface area contributed by atoms with Crippen molar-refractivity contribution in [3.63, 3.8) is 0 Å². The number of benzene rings is 1. The Hall–Kier alpha value is -2.29. The Labute approximate surface area is 178 Å². The van der Waals surface area contributed by atoms with E-state index < -0.39 is 21.7 Å². The highest BCUT2D eigenvalue weighted by Crippen LogP contribution is 2.27. The first-order chi connectivity index (χ1) is 14.2. The van der Waals surface area contributed by atoms with Crippen molar-refractivity contribution in [3.8, 4) is 5.75 Å². The fourth-order valence-electron chi connectivity index (χ4n) is 3.95. The molecule has 1 saturated carbocycles. The minimum atomic E-state index is -3.82. The normalized spacial score (nSPS) is 18.0. The number of anilines is 1. The van der Waals surface area contributed by atoms with E-state index in [9.17, 15) is 18.0 Å². The van der Waals surface area contributed by atoms with Crippen LogP contribution in [0.15, 0.2) is 24.3 Å². The Kier molecular flexibility index (Phi) is 7.23. The first-order valence-corrected chi connectivity index (χ1v) is 12.2. The SMILES string of the molecule is CC(C)Oc1ccc(NS(=O)(=O)CC(=O)N2CCN(C(=O)C3CCCC3)CC2)cc1. The van der Waals surface area contributed by atoms with E-state index in [1.54, 1.807) is 24.3 Å². The van der Waals surface area contributed by atoms with Gasteiger partial charge in [-0.25, -0.2) is 8.42 Å². The molecule has 1 N–H and O–H groups in total. The third kappa shape index (κ3) is 6.10. The van der Waals surface area contributed by atoms with E-state index in [1.807, 2.05) is 18.7 Å². The average Bonchev–Trinajstić information content (AvgIpc) is 3.23. The number of carbonyl (C=O) groups is 2. The lowest BCUT2D eigenvalue weighted by Gasteiger charge is -2.36. The molecule has 1 saturated heterocycles. The van der Waals surface area contributed by atoms with Crippen molar-refractivity contribution >= 4 is 27.5 Å². The first kappa shape index (κ1) is 22.4. The molecule has 2 fully saturated rings. The van der Waals surface area contributed by atoms with Crippen LogP contribution in [0, 0.1) is 5.92 Å². The van der Waals surface area contributed by atoms with E-state index in [0.717, 1.165) is 25.7 Å². The Balaban J connectivity index is 1.48. The van der Waals surface area contributed by atoms with Gasteiger partial charge in [-0.05, 0) is 51.0 Å². The van der Waals surface area contributed by atoms with Gasteiger partial charge in [0.1, 0.15) is 11.5 Å². The molecule has 0 bridgehead atoms. The van der Waals surface area contributed by atoms with Crippen LogP contribution in [-0.4, -0.2) is 68.1 Å². The summed E-state index contributed by atoms with van der Waals surface area (Å²) in [6.45, 7) is 5.49. The lowest BCUT2D eigenvalue weighted by atomic mass is 10.1. The Bertz CT molecular complexity index is 840. The zero-order valence-corrected chi connectivity index (χ0v) is 18.5. The van der Waals surface area contributed by atoms with Crippen LogP contribution in [0.25, 0.3) is 0 Å². The predicted octanol–water partition coefficient (Wildman–Crippen LogP) is 2.08. The van der Waals surface area contributed by atoms with Crippen LogP contribution in [-0.2, 0) is 19.6 Å². The number of hydrogen-bond donors (Lipinski definition) is 1. The number of rotatable bonds is 7. The van der Waals surface area contributed by atoms with Crippen molar-refractivity contribution in [2.75, 3.05) is 36.7 Å². The van der Waals surface area contributed by atoms with Gasteiger partial charge >= 0.3 is 0 Å². The molecular weight excluding hydrogens is 406 g/mol. The summed E-state index contributed by atoms with van der Waals surface area (Å²) < 4.78 is 32.8. The second-order valence-electron chi connectivity index (χ2n) is 8.24. The van der Waals surface area contributed by atoms with Crippen molar-refractivity contribution in [2.24, 2.45) is 5.92 Å². The van der Waals surface area contributed by atoms with Crippen LogP contribution in [0.2, 0.25) is 0 Å². The summed E-state index contributed by atoms with van der Waals surface area (Å²) in [7, 11) is -3.82. The van der Waals surface area contributed by atoms with Crippen molar-refractivity contribution in [2.45, 2.75) is 45.6 Å². The number of amides is 2. The molecule has 166 valence electrons. The third-order valence-corrected chi connectivity index (χ3v) is 6.64. The lowest BCUT2D eigenvalue weighted by Crippen LogP contribution is -2.53. The zero-order valence-electron chi connectivity index (χ0n) is 17.7. The smallest absolute Gasteiger partial charge is 0.241 e. The minimum Gasteiger partial charge on any atom is -0.491 e. The summed E-state index contributed by atoms with van der Waals surface area (Å²) >= 11 is 0. The molecule has 1 aliphatic heterocycles. The van der Waals surface area contributed by atoms with Crippen molar-refractivity contribution < 1.29 is 22.7 Å². The number of carbonyl (C=O) groups excluding carboxylic acids is 2. The lowest BCUT2D eigenvalue weighted by molar-refractivity contribution is -0.141. The van der Waals surface area contributed by atoms with Crippen molar-refractivity contribution in [3.05, 3.63) is 24.3 Å². The van der Waals surface area contributed by atoms with Crippen molar-refractivity contribution in [1.82, 2.24) is 9.80 Å². The third-order valence-electron chi connectivity index (χ3n) is 5.46. The maximum absolute atomic E-state index is 12.5. The highest BCUT2D eigenvalue weighted by molar-refractivity contribution is 7.93. The quantitative estimate of drug-likeness (QED) is 0.705. The predicted molar refractivity (Wildman–Crippen MR) is 115 cm³/mol. The van der Waals surface area contributed by atoms with Gasteiger partial charge in [0.15, 0.2) is 0 Å². The average molecular weight is 438 g/mol. The van der Waals surface area contributed by atoms with Gasteiger partial charge in [-0.15, -0.1) is 0 Å². The largest absolute Gasteiger partial charge is 0.491 e. The Morgan fingerprint density at radius 1 is 1.03 bits per heavy atom. The molecule has 0 radical (unpaired) electrons. The van der Waals surface area contributed by atoms with Gasteiger partial charge in [-0.1, -0.05) is 12.8 Å². The van der Waals surface area contributed by atoms with Crippen LogP contribution < -0.4 is 9.46 Å². The van der Waals surface area contributed by atoms with E-state index in [-0.39, 0.29) is 17.9 Å². The van der Waals surface area contributed by atoms with Crippen molar-refractivity contribution in [1.29, 1.82) is 0 Å². The second-order valence-corrected chi connectivity index (χ2v) is 9.96. The standard InChI is InChI=1S/C21H31N3O5S/c1-16(2)29-19-9-7-18(8-10-19)22-30(27,28)15-20(25)23-11-13-24(14-12-23)21(26)17-5-3-4-6-17/h7-10,16-17,22H,3-6,11-15H2,1-2H3. The van der Waals surface area contributed by atoms with E-state index in [4.69, 9.17) is 4.74 Å². The maximum Gasteiger partial charge on any atom is 0.241 e. The van der Waals surface area contributed by atoms with E-state index in [1.165, 1.54) is 4.90 Å². The molecule has 0 unspecified atom stereocenters. The highest BCUT2D eigenvalue weighted by atomic mass is 32.2. The first-order valence-electron chi connectivity index (χ1n) is 10.6. The summed E-state index contributed by atoms with van der Waals surface area (Å²) in [6, 6.07) is 6.57. The molecule has 30 heavy (non-hydrogen) atoms. The molecule has 9 heteroatoms. The van der Waals surface area contributed by atoms with Gasteiger partial charge in [-0.2, -0.15) is 0 Å². The van der Waals surface area contributed by atoms with Crippen LogP contribution in [0.5, 0.6) is 5.75 Å². The fraction of sp³-hybridized carbons (Fsp3) is 0.619. The summed E-state index contributed by atoms with van der Waals surface area (Å²) in [5, 5.41) is 0. The molecule has 1 aromatic carbocycles. The zero-order chi connectivity index (χ0) is 21.7. The second kappa shape index (κ2) is 9.68. The Morgan fingerprint density at radius 3 is 2.17 bits per heavy atom. The highest BCUT2D eigenvalue weighted by Gasteiger charge is 2.31. The van der Waals surface area contributed by atoms with E-state index in [0.29, 0.717) is 37.6 Å². The van der Waals surface area contributed by atoms with Gasteiger partial charge in [0.05, 0.1) is 6.10 Å². The topological polar surface area (TPSA) is 96.0 Å². The van der Waals surface area contributed by atoms with Gasteiger partial charge in [0.2, 0.25) is 21.8 Å². The van der Waals surface area contributed by atoms with E-state index in [2.05, 4.69) is 4.72 Å². The molecule has 8 nitrogen and oxygen atoms in total. The molecule has 1 aliphatic carbocycles. The maximum atomic E-state index is 12.5. The number of ether oxygens (including phenoxy) is 1. The summed E-state index contributed by atoms with van der Waals surface area (Å²) in [4.78, 5) is 28.3. The van der Waals surface area contributed by atoms with Crippen LogP contribution in [0.1, 0.15) is 39.5 Å². The monoisotopic (exact) mass is 437 g/mol. The number of nitrogens with zero attached hydrogens (tertiary/aromatic N) is 2. The van der Waals surface area contributed by atoms with Gasteiger partial charge < -0.3 is 14.5 Å². The van der Waals surface area contributed by atoms with E-state index >= 15 is 0 Å². The molecule has 2 aliphatic rings. The molecule has 1 heterocycles. The van der Waals surface area contributed by atoms with Crippen LogP contribution >= 0.6 is 0 Å². The molecule has 2 amide bonds. The summed E-state index contributed by atoms with van der Waals surface area (Å²) in [5.74, 6) is -0.120. The van der Waals surface area contributed by atoms with Crippen LogP contribution in [0.4, 0.5) is 5.69 Å². The molecule has 3 rings (SSSR count). The van der Waals surface area contributed by atoms with Crippen LogP contribution in [0.3, 0.4) is 0 Å². The number of sulfonamides is 1.